The van der Waals surface area contributed by atoms with Gasteiger partial charge >= 0.3 is 0 Å². The molecule has 2 rings (SSSR count). The highest BCUT2D eigenvalue weighted by atomic mass is 35.5. The smallest absolute Gasteiger partial charge is 0.203 e. The maximum atomic E-state index is 13.5. The van der Waals surface area contributed by atoms with Crippen LogP contribution in [-0.2, 0) is 0 Å². The van der Waals surface area contributed by atoms with Gasteiger partial charge in [0.2, 0.25) is 5.78 Å². The first-order valence-electron chi connectivity index (χ1n) is 6.26. The first-order chi connectivity index (χ1) is 9.88. The zero-order chi connectivity index (χ0) is 15.6. The molecule has 0 saturated carbocycles. The van der Waals surface area contributed by atoms with E-state index in [-0.39, 0.29) is 12.2 Å². The second kappa shape index (κ2) is 6.22. The zero-order valence-electron chi connectivity index (χ0n) is 11.5. The van der Waals surface area contributed by atoms with E-state index in [0.29, 0.717) is 16.8 Å². The molecular formula is C16H13ClF2O2. The van der Waals surface area contributed by atoms with Crippen molar-refractivity contribution in [2.45, 2.75) is 13.8 Å². The number of ether oxygens (including phenoxy) is 1. The Kier molecular flexibility index (Phi) is 4.58. The average Bonchev–Trinajstić information content (AvgIpc) is 2.36. The normalized spacial score (nSPS) is 10.5. The summed E-state index contributed by atoms with van der Waals surface area (Å²) in [5.41, 5.74) is 1.38. The first kappa shape index (κ1) is 15.4. The molecule has 0 aliphatic heterocycles. The van der Waals surface area contributed by atoms with Crippen LogP contribution in [0.2, 0.25) is 5.02 Å². The Morgan fingerprint density at radius 2 is 1.76 bits per heavy atom. The lowest BCUT2D eigenvalue weighted by atomic mass is 10.1. The predicted molar refractivity (Wildman–Crippen MR) is 77.1 cm³/mol. The van der Waals surface area contributed by atoms with E-state index in [9.17, 15) is 13.6 Å². The molecule has 2 aromatic carbocycles. The number of carbonyl (C=O) groups excluding carboxylic acids is 1. The minimum Gasteiger partial charge on any atom is -0.485 e. The molecule has 0 heterocycles. The first-order valence-corrected chi connectivity index (χ1v) is 6.64. The molecule has 0 aliphatic carbocycles. The number of aryl methyl sites for hydroxylation is 2. The molecule has 5 heteroatoms. The molecule has 0 bridgehead atoms. The zero-order valence-corrected chi connectivity index (χ0v) is 12.3. The summed E-state index contributed by atoms with van der Waals surface area (Å²) in [6.45, 7) is 3.28. The van der Waals surface area contributed by atoms with Gasteiger partial charge in [-0.3, -0.25) is 4.79 Å². The van der Waals surface area contributed by atoms with Gasteiger partial charge in [0, 0.05) is 11.1 Å². The maximum absolute atomic E-state index is 13.5. The summed E-state index contributed by atoms with van der Waals surface area (Å²) in [4.78, 5) is 11.9. The second-order valence-electron chi connectivity index (χ2n) is 4.70. The van der Waals surface area contributed by atoms with Crippen LogP contribution in [0, 0.1) is 25.5 Å². The Bertz CT molecular complexity index is 676. The number of benzene rings is 2. The molecular weight excluding hydrogens is 298 g/mol. The van der Waals surface area contributed by atoms with E-state index in [1.54, 1.807) is 26.0 Å². The van der Waals surface area contributed by atoms with Crippen molar-refractivity contribution in [2.75, 3.05) is 6.61 Å². The second-order valence-corrected chi connectivity index (χ2v) is 5.14. The van der Waals surface area contributed by atoms with E-state index in [0.717, 1.165) is 23.3 Å². The summed E-state index contributed by atoms with van der Waals surface area (Å²) in [6, 6.07) is 6.25. The van der Waals surface area contributed by atoms with Crippen molar-refractivity contribution in [2.24, 2.45) is 0 Å². The third-order valence-electron chi connectivity index (χ3n) is 3.00. The average molecular weight is 311 g/mol. The van der Waals surface area contributed by atoms with Crippen molar-refractivity contribution < 1.29 is 18.3 Å². The largest absolute Gasteiger partial charge is 0.485 e. The van der Waals surface area contributed by atoms with E-state index >= 15 is 0 Å². The molecule has 110 valence electrons. The highest BCUT2D eigenvalue weighted by Gasteiger charge is 2.14. The number of halogens is 3. The lowest BCUT2D eigenvalue weighted by Gasteiger charge is -2.12. The van der Waals surface area contributed by atoms with Crippen LogP contribution in [0.25, 0.3) is 0 Å². The number of rotatable bonds is 4. The number of Topliss-reactive ketones (excluding diaryl/α,β-unsaturated/α-hetero) is 1. The Morgan fingerprint density at radius 1 is 1.14 bits per heavy atom. The van der Waals surface area contributed by atoms with Crippen molar-refractivity contribution in [3.63, 3.8) is 0 Å². The summed E-state index contributed by atoms with van der Waals surface area (Å²) in [5.74, 6) is -1.64. The predicted octanol–water partition coefficient (Wildman–Crippen LogP) is 4.50. The van der Waals surface area contributed by atoms with E-state index in [1.165, 1.54) is 0 Å². The SMILES string of the molecule is Cc1cc(Cl)cc(C)c1OCC(=O)c1ccc(F)cc1F. The van der Waals surface area contributed by atoms with Gasteiger partial charge in [-0.1, -0.05) is 11.6 Å². The molecule has 2 nitrogen and oxygen atoms in total. The van der Waals surface area contributed by atoms with Gasteiger partial charge in [0.05, 0.1) is 5.56 Å². The molecule has 0 unspecified atom stereocenters. The molecule has 0 saturated heterocycles. The summed E-state index contributed by atoms with van der Waals surface area (Å²) in [5, 5.41) is 0.577. The monoisotopic (exact) mass is 310 g/mol. The highest BCUT2D eigenvalue weighted by molar-refractivity contribution is 6.30. The van der Waals surface area contributed by atoms with Gasteiger partial charge in [0.1, 0.15) is 17.4 Å². The van der Waals surface area contributed by atoms with E-state index in [2.05, 4.69) is 0 Å². The fourth-order valence-corrected chi connectivity index (χ4v) is 2.38. The Hall–Kier alpha value is -1.94. The van der Waals surface area contributed by atoms with Gasteiger partial charge in [-0.25, -0.2) is 8.78 Å². The van der Waals surface area contributed by atoms with Crippen LogP contribution in [0.3, 0.4) is 0 Å². The fourth-order valence-electron chi connectivity index (χ4n) is 2.06. The van der Waals surface area contributed by atoms with Gasteiger partial charge in [0.15, 0.2) is 6.61 Å². The molecule has 0 atom stereocenters. The molecule has 0 N–H and O–H groups in total. The third kappa shape index (κ3) is 3.58. The van der Waals surface area contributed by atoms with Crippen molar-refractivity contribution in [3.05, 3.63) is 63.7 Å². The molecule has 2 aromatic rings. The summed E-state index contributed by atoms with van der Waals surface area (Å²) in [7, 11) is 0. The molecule has 0 aromatic heterocycles. The lowest BCUT2D eigenvalue weighted by molar-refractivity contribution is 0.0916. The highest BCUT2D eigenvalue weighted by Crippen LogP contribution is 2.27. The van der Waals surface area contributed by atoms with E-state index < -0.39 is 17.4 Å². The standard InChI is InChI=1S/C16H13ClF2O2/c1-9-5-11(17)6-10(2)16(9)21-8-15(20)13-4-3-12(18)7-14(13)19/h3-7H,8H2,1-2H3. The fraction of sp³-hybridized carbons (Fsp3) is 0.188. The topological polar surface area (TPSA) is 26.3 Å². The Labute approximate surface area is 126 Å². The third-order valence-corrected chi connectivity index (χ3v) is 3.22. The van der Waals surface area contributed by atoms with E-state index in [4.69, 9.17) is 16.3 Å². The molecule has 21 heavy (non-hydrogen) atoms. The van der Waals surface area contributed by atoms with Crippen LogP contribution in [0.5, 0.6) is 5.75 Å². The Balaban J connectivity index is 2.15. The molecule has 0 amide bonds. The minimum atomic E-state index is -0.895. The maximum Gasteiger partial charge on any atom is 0.203 e. The lowest BCUT2D eigenvalue weighted by Crippen LogP contribution is -2.14. The number of ketones is 1. The minimum absolute atomic E-state index is 0.194. The number of carbonyl (C=O) groups is 1. The molecule has 0 radical (unpaired) electrons. The van der Waals surface area contributed by atoms with E-state index in [1.807, 2.05) is 0 Å². The van der Waals surface area contributed by atoms with Gasteiger partial charge in [-0.05, 0) is 49.2 Å². The molecule has 0 spiro atoms. The van der Waals surface area contributed by atoms with Crippen molar-refractivity contribution in [1.29, 1.82) is 0 Å². The summed E-state index contributed by atoms with van der Waals surface area (Å²) in [6.07, 6.45) is 0. The summed E-state index contributed by atoms with van der Waals surface area (Å²) < 4.78 is 31.8. The quantitative estimate of drug-likeness (QED) is 0.777. The summed E-state index contributed by atoms with van der Waals surface area (Å²) >= 11 is 5.91. The van der Waals surface area contributed by atoms with Crippen LogP contribution in [0.1, 0.15) is 21.5 Å². The van der Waals surface area contributed by atoms with Crippen LogP contribution < -0.4 is 4.74 Å². The van der Waals surface area contributed by atoms with Crippen molar-refractivity contribution >= 4 is 17.4 Å². The van der Waals surface area contributed by atoms with Gasteiger partial charge < -0.3 is 4.74 Å². The van der Waals surface area contributed by atoms with Crippen molar-refractivity contribution in [3.8, 4) is 5.75 Å². The van der Waals surface area contributed by atoms with Gasteiger partial charge in [-0.15, -0.1) is 0 Å². The van der Waals surface area contributed by atoms with Gasteiger partial charge in [0.25, 0.3) is 0 Å². The van der Waals surface area contributed by atoms with Gasteiger partial charge in [-0.2, -0.15) is 0 Å². The number of hydrogen-bond acceptors (Lipinski definition) is 2. The van der Waals surface area contributed by atoms with Crippen LogP contribution in [0.4, 0.5) is 8.78 Å². The van der Waals surface area contributed by atoms with Crippen molar-refractivity contribution in [1.82, 2.24) is 0 Å². The van der Waals surface area contributed by atoms with Crippen LogP contribution >= 0.6 is 11.6 Å². The number of hydrogen-bond donors (Lipinski definition) is 0. The van der Waals surface area contributed by atoms with Crippen LogP contribution in [-0.4, -0.2) is 12.4 Å². The molecule has 0 aliphatic rings. The Morgan fingerprint density at radius 3 is 2.33 bits per heavy atom. The van der Waals surface area contributed by atoms with Crippen LogP contribution in [0.15, 0.2) is 30.3 Å². The molecule has 0 fully saturated rings.